The van der Waals surface area contributed by atoms with E-state index < -0.39 is 0 Å². The number of hydrogen-bond acceptors (Lipinski definition) is 3. The van der Waals surface area contributed by atoms with Gasteiger partial charge in [-0.25, -0.2) is 0 Å². The summed E-state index contributed by atoms with van der Waals surface area (Å²) in [5.74, 6) is 0. The number of aromatic nitrogens is 1. The van der Waals surface area contributed by atoms with Crippen molar-refractivity contribution in [1.82, 2.24) is 4.57 Å². The maximum absolute atomic E-state index is 7.09. The van der Waals surface area contributed by atoms with E-state index >= 15 is 0 Å². The number of furan rings is 2. The molecule has 64 heavy (non-hydrogen) atoms. The van der Waals surface area contributed by atoms with E-state index in [9.17, 15) is 0 Å². The third kappa shape index (κ3) is 5.56. The van der Waals surface area contributed by atoms with E-state index in [1.54, 1.807) is 0 Å². The first-order valence-corrected chi connectivity index (χ1v) is 21.8. The summed E-state index contributed by atoms with van der Waals surface area (Å²) >= 11 is 0. The molecule has 0 unspecified atom stereocenters. The topological polar surface area (TPSA) is 34.5 Å². The lowest BCUT2D eigenvalue weighted by molar-refractivity contribution is 0.669. The Balaban J connectivity index is 1.14. The van der Waals surface area contributed by atoms with Gasteiger partial charge in [0.1, 0.15) is 22.3 Å². The number of hydrogen-bond donors (Lipinski definition) is 0. The first-order valence-electron chi connectivity index (χ1n) is 21.8. The van der Waals surface area contributed by atoms with Crippen LogP contribution < -0.4 is 4.90 Å². The average Bonchev–Trinajstić information content (AvgIpc) is 4.05. The molecule has 13 aromatic rings. The van der Waals surface area contributed by atoms with Crippen molar-refractivity contribution in [2.45, 2.75) is 0 Å². The molecule has 0 radical (unpaired) electrons. The predicted molar refractivity (Wildman–Crippen MR) is 266 cm³/mol. The fourth-order valence-electron chi connectivity index (χ4n) is 10.0. The van der Waals surface area contributed by atoms with Crippen molar-refractivity contribution < 1.29 is 8.83 Å². The molecule has 0 saturated heterocycles. The van der Waals surface area contributed by atoms with E-state index in [1.165, 1.54) is 16.3 Å². The van der Waals surface area contributed by atoms with Gasteiger partial charge in [-0.2, -0.15) is 0 Å². The lowest BCUT2D eigenvalue weighted by Crippen LogP contribution is -2.13. The molecule has 3 aromatic heterocycles. The summed E-state index contributed by atoms with van der Waals surface area (Å²) in [7, 11) is 0. The van der Waals surface area contributed by atoms with Crippen LogP contribution in [0.25, 0.3) is 105 Å². The number of para-hydroxylation sites is 6. The Bertz CT molecular complexity index is 3860. The molecular weight excluding hydrogens is 781 g/mol. The predicted octanol–water partition coefficient (Wildman–Crippen LogP) is 17.1. The van der Waals surface area contributed by atoms with Gasteiger partial charge < -0.3 is 18.3 Å². The average molecular weight is 819 g/mol. The minimum absolute atomic E-state index is 0.832. The van der Waals surface area contributed by atoms with Crippen molar-refractivity contribution in [3.05, 3.63) is 231 Å². The zero-order valence-corrected chi connectivity index (χ0v) is 34.7. The SMILES string of the molecule is c1ccc(-c2ccc(N(c3ccccc3-c3cccc4oc5ccccc5c34)c3ccc4c(oc5ccccc54)c3-c3ccccc3-n3c4ccccc4c4ccccc43)cc2)cc1. The Morgan fingerprint density at radius 1 is 0.328 bits per heavy atom. The van der Waals surface area contributed by atoms with Gasteiger partial charge in [0.25, 0.3) is 0 Å². The van der Waals surface area contributed by atoms with E-state index in [4.69, 9.17) is 8.83 Å². The molecule has 0 aliphatic rings. The zero-order valence-electron chi connectivity index (χ0n) is 34.7. The Labute approximate surface area is 369 Å². The molecule has 0 fully saturated rings. The van der Waals surface area contributed by atoms with Crippen LogP contribution in [-0.4, -0.2) is 4.57 Å². The van der Waals surface area contributed by atoms with E-state index in [1.807, 2.05) is 12.1 Å². The van der Waals surface area contributed by atoms with Crippen molar-refractivity contribution >= 4 is 82.7 Å². The summed E-state index contributed by atoms with van der Waals surface area (Å²) in [4.78, 5) is 2.43. The summed E-state index contributed by atoms with van der Waals surface area (Å²) in [5, 5.41) is 6.75. The van der Waals surface area contributed by atoms with Crippen LogP contribution in [0.15, 0.2) is 239 Å². The van der Waals surface area contributed by atoms with E-state index in [-0.39, 0.29) is 0 Å². The van der Waals surface area contributed by atoms with Gasteiger partial charge in [-0.1, -0.05) is 164 Å². The fraction of sp³-hybridized carbons (Fsp3) is 0. The molecule has 0 atom stereocenters. The standard InChI is InChI=1S/C60H38N2O2/c1-2-17-39(18-3-1)40-33-35-41(36-34-40)61(50-26-10-6-21-44(50)46-25-16-32-57-58(46)49-24-9-15-31-56(49)63-57)54-38-37-47-45-22-8-14-30-55(45)64-60(47)59(54)48-23-7-13-29-53(48)62-51-27-11-4-19-42(51)43-20-5-12-28-52(43)62/h1-38H. The van der Waals surface area contributed by atoms with E-state index in [0.717, 1.165) is 105 Å². The van der Waals surface area contributed by atoms with E-state index in [0.29, 0.717) is 0 Å². The van der Waals surface area contributed by atoms with Gasteiger partial charge in [0.2, 0.25) is 0 Å². The summed E-state index contributed by atoms with van der Waals surface area (Å²) in [5.41, 5.74) is 16.4. The third-order valence-electron chi connectivity index (χ3n) is 12.8. The Hall–Kier alpha value is -8.60. The molecule has 0 spiro atoms. The number of rotatable bonds is 7. The molecule has 3 heterocycles. The lowest BCUT2D eigenvalue weighted by Gasteiger charge is -2.30. The number of anilines is 3. The number of fused-ring (bicyclic) bond motifs is 9. The molecule has 0 N–H and O–H groups in total. The fourth-order valence-corrected chi connectivity index (χ4v) is 10.0. The van der Waals surface area contributed by atoms with Crippen molar-refractivity contribution in [2.24, 2.45) is 0 Å². The second-order valence-electron chi connectivity index (χ2n) is 16.4. The van der Waals surface area contributed by atoms with Gasteiger partial charge in [-0.3, -0.25) is 0 Å². The highest BCUT2D eigenvalue weighted by atomic mass is 16.3. The van der Waals surface area contributed by atoms with Crippen molar-refractivity contribution in [3.63, 3.8) is 0 Å². The van der Waals surface area contributed by atoms with Gasteiger partial charge in [0.15, 0.2) is 0 Å². The molecule has 4 nitrogen and oxygen atoms in total. The van der Waals surface area contributed by atoms with Crippen molar-refractivity contribution in [1.29, 1.82) is 0 Å². The monoisotopic (exact) mass is 818 g/mol. The molecular formula is C60H38N2O2. The molecule has 0 amide bonds. The molecule has 0 aliphatic heterocycles. The second kappa shape index (κ2) is 14.5. The van der Waals surface area contributed by atoms with Crippen LogP contribution in [0.1, 0.15) is 0 Å². The highest BCUT2D eigenvalue weighted by molar-refractivity contribution is 6.17. The minimum Gasteiger partial charge on any atom is -0.456 e. The zero-order chi connectivity index (χ0) is 42.1. The normalized spacial score (nSPS) is 11.8. The maximum atomic E-state index is 7.09. The van der Waals surface area contributed by atoms with Crippen molar-refractivity contribution in [3.8, 4) is 39.1 Å². The first-order chi connectivity index (χ1) is 31.8. The minimum atomic E-state index is 0.832. The van der Waals surface area contributed by atoms with Crippen LogP contribution in [-0.2, 0) is 0 Å². The third-order valence-corrected chi connectivity index (χ3v) is 12.8. The molecule has 0 bridgehead atoms. The first kappa shape index (κ1) is 36.1. The molecule has 0 aliphatic carbocycles. The molecule has 10 aromatic carbocycles. The smallest absolute Gasteiger partial charge is 0.145 e. The highest BCUT2D eigenvalue weighted by Crippen LogP contribution is 2.51. The van der Waals surface area contributed by atoms with Gasteiger partial charge in [0, 0.05) is 49.1 Å². The molecule has 4 heteroatoms. The summed E-state index contributed by atoms with van der Waals surface area (Å²) in [6, 6.07) is 82.1. The van der Waals surface area contributed by atoms with Crippen molar-refractivity contribution in [2.75, 3.05) is 4.90 Å². The molecule has 13 rings (SSSR count). The van der Waals surface area contributed by atoms with Crippen LogP contribution in [0.2, 0.25) is 0 Å². The summed E-state index contributed by atoms with van der Waals surface area (Å²) in [6.45, 7) is 0. The highest BCUT2D eigenvalue weighted by Gasteiger charge is 2.27. The maximum Gasteiger partial charge on any atom is 0.145 e. The number of nitrogens with zero attached hydrogens (tertiary/aromatic N) is 2. The Morgan fingerprint density at radius 2 is 0.891 bits per heavy atom. The van der Waals surface area contributed by atoms with Gasteiger partial charge in [-0.15, -0.1) is 0 Å². The van der Waals surface area contributed by atoms with Gasteiger partial charge >= 0.3 is 0 Å². The Kier molecular flexibility index (Phi) is 8.18. The van der Waals surface area contributed by atoms with Gasteiger partial charge in [-0.05, 0) is 83.4 Å². The Morgan fingerprint density at radius 3 is 1.66 bits per heavy atom. The second-order valence-corrected chi connectivity index (χ2v) is 16.4. The summed E-state index contributed by atoms with van der Waals surface area (Å²) in [6.07, 6.45) is 0. The lowest BCUT2D eigenvalue weighted by atomic mass is 9.94. The van der Waals surface area contributed by atoms with Gasteiger partial charge in [0.05, 0.1) is 33.7 Å². The summed E-state index contributed by atoms with van der Waals surface area (Å²) < 4.78 is 16.0. The van der Waals surface area contributed by atoms with Crippen LogP contribution >= 0.6 is 0 Å². The van der Waals surface area contributed by atoms with Crippen LogP contribution in [0.3, 0.4) is 0 Å². The largest absolute Gasteiger partial charge is 0.456 e. The molecule has 300 valence electrons. The van der Waals surface area contributed by atoms with E-state index in [2.05, 4.69) is 228 Å². The van der Waals surface area contributed by atoms with Crippen LogP contribution in [0.4, 0.5) is 17.1 Å². The number of benzene rings is 10. The van der Waals surface area contributed by atoms with Crippen LogP contribution in [0.5, 0.6) is 0 Å². The van der Waals surface area contributed by atoms with Crippen LogP contribution in [0, 0.1) is 0 Å². The quantitative estimate of drug-likeness (QED) is 0.161. The molecule has 0 saturated carbocycles.